The Balaban J connectivity index is 3.71. The minimum Gasteiger partial charge on any atom is -0.466 e. The second kappa shape index (κ2) is 9.02. The molecule has 16 heavy (non-hydrogen) atoms. The molecule has 0 radical (unpaired) electrons. The lowest BCUT2D eigenvalue weighted by Crippen LogP contribution is -2.15. The van der Waals surface area contributed by atoms with E-state index < -0.39 is 4.92 Å². The molecule has 0 saturated heterocycles. The van der Waals surface area contributed by atoms with Crippen LogP contribution in [0.15, 0.2) is 11.2 Å². The summed E-state index contributed by atoms with van der Waals surface area (Å²) < 4.78 is 4.75. The van der Waals surface area contributed by atoms with Gasteiger partial charge in [-0.1, -0.05) is 0 Å². The molecule has 0 atom stereocenters. The number of thioether (sulfide) groups is 1. The number of carbonyl (C=O) groups is 1. The van der Waals surface area contributed by atoms with E-state index in [2.05, 4.69) is 5.32 Å². The first-order chi connectivity index (χ1) is 7.60. The molecule has 0 aliphatic carbocycles. The zero-order valence-electron chi connectivity index (χ0n) is 9.39. The van der Waals surface area contributed by atoms with Crippen molar-refractivity contribution in [1.82, 2.24) is 5.32 Å². The smallest absolute Gasteiger partial charge is 0.305 e. The van der Waals surface area contributed by atoms with Crippen molar-refractivity contribution in [2.45, 2.75) is 19.8 Å². The van der Waals surface area contributed by atoms with Gasteiger partial charge in [0.25, 0.3) is 6.20 Å². The second-order valence-electron chi connectivity index (χ2n) is 2.82. The predicted octanol–water partition coefficient (Wildman–Crippen LogP) is 1.36. The molecule has 0 heterocycles. The number of esters is 1. The summed E-state index contributed by atoms with van der Waals surface area (Å²) in [4.78, 5) is 20.6. The van der Waals surface area contributed by atoms with Crippen molar-refractivity contribution in [2.75, 3.05) is 19.4 Å². The van der Waals surface area contributed by atoms with Crippen molar-refractivity contribution in [3.8, 4) is 0 Å². The van der Waals surface area contributed by atoms with Gasteiger partial charge in [0.1, 0.15) is 5.03 Å². The van der Waals surface area contributed by atoms with Gasteiger partial charge in [-0.3, -0.25) is 14.9 Å². The summed E-state index contributed by atoms with van der Waals surface area (Å²) in [5.74, 6) is -0.242. The SMILES string of the molecule is CCOC(=O)CCCN/C(=C\[N+](=O)[O-])SC. The lowest BCUT2D eigenvalue weighted by atomic mass is 10.3. The lowest BCUT2D eigenvalue weighted by molar-refractivity contribution is -0.403. The van der Waals surface area contributed by atoms with E-state index in [9.17, 15) is 14.9 Å². The number of carbonyl (C=O) groups excluding carboxylic acids is 1. The molecule has 1 N–H and O–H groups in total. The molecule has 0 saturated carbocycles. The van der Waals surface area contributed by atoms with Crippen molar-refractivity contribution in [1.29, 1.82) is 0 Å². The van der Waals surface area contributed by atoms with Crippen LogP contribution in [0.1, 0.15) is 19.8 Å². The van der Waals surface area contributed by atoms with E-state index in [1.807, 2.05) is 0 Å². The molecule has 0 aromatic heterocycles. The van der Waals surface area contributed by atoms with Crippen LogP contribution in [0.25, 0.3) is 0 Å². The highest BCUT2D eigenvalue weighted by Gasteiger charge is 2.03. The molecule has 0 aliphatic heterocycles. The third kappa shape index (κ3) is 8.10. The fourth-order valence-corrected chi connectivity index (χ4v) is 1.38. The van der Waals surface area contributed by atoms with Gasteiger partial charge in [-0.15, -0.1) is 11.8 Å². The van der Waals surface area contributed by atoms with Gasteiger partial charge in [-0.05, 0) is 19.6 Å². The molecule has 6 nitrogen and oxygen atoms in total. The molecule has 7 heteroatoms. The Morgan fingerprint density at radius 3 is 2.81 bits per heavy atom. The Labute approximate surface area is 98.6 Å². The first-order valence-electron chi connectivity index (χ1n) is 4.89. The Bertz CT molecular complexity index is 268. The van der Waals surface area contributed by atoms with Crippen LogP contribution in [0.3, 0.4) is 0 Å². The van der Waals surface area contributed by atoms with E-state index in [0.717, 1.165) is 6.20 Å². The van der Waals surface area contributed by atoms with Crippen LogP contribution in [0, 0.1) is 10.1 Å². The third-order valence-corrected chi connectivity index (χ3v) is 2.29. The normalized spacial score (nSPS) is 11.0. The lowest BCUT2D eigenvalue weighted by Gasteiger charge is -2.05. The van der Waals surface area contributed by atoms with Crippen LogP contribution in [0.4, 0.5) is 0 Å². The number of rotatable bonds is 8. The highest BCUT2D eigenvalue weighted by molar-refractivity contribution is 8.02. The number of nitro groups is 1. The summed E-state index contributed by atoms with van der Waals surface area (Å²) in [5.41, 5.74) is 0. The van der Waals surface area contributed by atoms with E-state index in [-0.39, 0.29) is 5.97 Å². The van der Waals surface area contributed by atoms with Gasteiger partial charge in [0, 0.05) is 13.0 Å². The fourth-order valence-electron chi connectivity index (χ4n) is 0.944. The zero-order valence-corrected chi connectivity index (χ0v) is 10.2. The zero-order chi connectivity index (χ0) is 12.4. The fraction of sp³-hybridized carbons (Fsp3) is 0.667. The van der Waals surface area contributed by atoms with Crippen LogP contribution >= 0.6 is 11.8 Å². The quantitative estimate of drug-likeness (QED) is 0.302. The van der Waals surface area contributed by atoms with E-state index in [1.165, 1.54) is 11.8 Å². The minimum atomic E-state index is -0.510. The Morgan fingerprint density at radius 2 is 2.31 bits per heavy atom. The maximum Gasteiger partial charge on any atom is 0.305 e. The maximum atomic E-state index is 11.0. The molecule has 0 amide bonds. The summed E-state index contributed by atoms with van der Waals surface area (Å²) in [7, 11) is 0. The third-order valence-electron chi connectivity index (χ3n) is 1.60. The van der Waals surface area contributed by atoms with Gasteiger partial charge in [0.15, 0.2) is 0 Å². The van der Waals surface area contributed by atoms with Gasteiger partial charge in [-0.2, -0.15) is 0 Å². The highest BCUT2D eigenvalue weighted by Crippen LogP contribution is 2.07. The highest BCUT2D eigenvalue weighted by atomic mass is 32.2. The van der Waals surface area contributed by atoms with Gasteiger partial charge in [0.2, 0.25) is 0 Å². The Hall–Kier alpha value is -1.24. The second-order valence-corrected chi connectivity index (χ2v) is 3.67. The van der Waals surface area contributed by atoms with E-state index in [0.29, 0.717) is 31.0 Å². The average molecular weight is 248 g/mol. The number of nitrogens with zero attached hydrogens (tertiary/aromatic N) is 1. The van der Waals surface area contributed by atoms with Crippen molar-refractivity contribution >= 4 is 17.7 Å². The Morgan fingerprint density at radius 1 is 1.62 bits per heavy atom. The first-order valence-corrected chi connectivity index (χ1v) is 6.11. The molecule has 0 rings (SSSR count). The number of ether oxygens (including phenoxy) is 1. The molecule has 92 valence electrons. The van der Waals surface area contributed by atoms with Crippen molar-refractivity contribution < 1.29 is 14.5 Å². The molecule has 0 bridgehead atoms. The molecular formula is C9H16N2O4S. The van der Waals surface area contributed by atoms with E-state index >= 15 is 0 Å². The van der Waals surface area contributed by atoms with E-state index in [4.69, 9.17) is 4.74 Å². The minimum absolute atomic E-state index is 0.242. The molecule has 0 aromatic carbocycles. The van der Waals surface area contributed by atoms with Gasteiger partial charge in [-0.25, -0.2) is 0 Å². The topological polar surface area (TPSA) is 81.5 Å². The molecular weight excluding hydrogens is 232 g/mol. The summed E-state index contributed by atoms with van der Waals surface area (Å²) >= 11 is 1.26. The Kier molecular flexibility index (Phi) is 8.32. The summed E-state index contributed by atoms with van der Waals surface area (Å²) in [6.45, 7) is 2.64. The molecule has 0 fully saturated rings. The van der Waals surface area contributed by atoms with Gasteiger partial charge >= 0.3 is 5.97 Å². The standard InChI is InChI=1S/C9H16N2O4S/c1-3-15-9(12)5-4-6-10-8(16-2)7-11(13)14/h7,10H,3-6H2,1-2H3/b8-7+. The van der Waals surface area contributed by atoms with Crippen molar-refractivity contribution in [3.05, 3.63) is 21.3 Å². The summed E-state index contributed by atoms with van der Waals surface area (Å²) in [6, 6.07) is 0. The van der Waals surface area contributed by atoms with Crippen LogP contribution in [-0.4, -0.2) is 30.3 Å². The van der Waals surface area contributed by atoms with Gasteiger partial charge < -0.3 is 10.1 Å². The molecule has 0 aliphatic rings. The maximum absolute atomic E-state index is 11.0. The number of hydrogen-bond acceptors (Lipinski definition) is 6. The van der Waals surface area contributed by atoms with Gasteiger partial charge in [0.05, 0.1) is 11.5 Å². The largest absolute Gasteiger partial charge is 0.466 e. The summed E-state index contributed by atoms with van der Waals surface area (Å²) in [6.07, 6.45) is 3.57. The monoisotopic (exact) mass is 248 g/mol. The molecule has 0 aromatic rings. The van der Waals surface area contributed by atoms with Crippen LogP contribution in [-0.2, 0) is 9.53 Å². The van der Waals surface area contributed by atoms with Crippen LogP contribution < -0.4 is 5.32 Å². The van der Waals surface area contributed by atoms with Crippen molar-refractivity contribution in [3.63, 3.8) is 0 Å². The predicted molar refractivity (Wildman–Crippen MR) is 62.5 cm³/mol. The molecule has 0 unspecified atom stereocenters. The first kappa shape index (κ1) is 14.8. The van der Waals surface area contributed by atoms with Crippen molar-refractivity contribution in [2.24, 2.45) is 0 Å². The number of hydrogen-bond donors (Lipinski definition) is 1. The summed E-state index contributed by atoms with van der Waals surface area (Å²) in [5, 5.41) is 13.5. The van der Waals surface area contributed by atoms with E-state index in [1.54, 1.807) is 13.2 Å². The molecule has 0 spiro atoms. The average Bonchev–Trinajstić information content (AvgIpc) is 2.22. The number of nitrogens with one attached hydrogen (secondary N) is 1. The van der Waals surface area contributed by atoms with Crippen LogP contribution in [0.5, 0.6) is 0 Å². The van der Waals surface area contributed by atoms with Crippen LogP contribution in [0.2, 0.25) is 0 Å².